The molecule has 100 valence electrons. The van der Waals surface area contributed by atoms with E-state index in [2.05, 4.69) is 41.8 Å². The van der Waals surface area contributed by atoms with E-state index in [1.54, 1.807) is 0 Å². The Balaban J connectivity index is 1.69. The number of piperidine rings is 1. The molecule has 1 aromatic rings. The fraction of sp³-hybridized carbons (Fsp3) is 0.600. The Kier molecular flexibility index (Phi) is 5.88. The van der Waals surface area contributed by atoms with Crippen LogP contribution >= 0.6 is 11.8 Å². The molecule has 2 N–H and O–H groups in total. The zero-order chi connectivity index (χ0) is 12.6. The van der Waals surface area contributed by atoms with Gasteiger partial charge in [0.15, 0.2) is 0 Å². The second kappa shape index (κ2) is 7.70. The molecule has 1 aliphatic heterocycles. The number of hydrogen-bond acceptors (Lipinski definition) is 3. The maximum absolute atomic E-state index is 3.52. The van der Waals surface area contributed by atoms with E-state index in [1.165, 1.54) is 42.9 Å². The highest BCUT2D eigenvalue weighted by atomic mass is 32.2. The van der Waals surface area contributed by atoms with E-state index in [0.29, 0.717) is 0 Å². The van der Waals surface area contributed by atoms with Crippen LogP contribution in [-0.4, -0.2) is 25.4 Å². The van der Waals surface area contributed by atoms with Gasteiger partial charge >= 0.3 is 0 Å². The van der Waals surface area contributed by atoms with E-state index in [9.17, 15) is 0 Å². The molecule has 3 heteroatoms. The van der Waals surface area contributed by atoms with Crippen LogP contribution in [0.5, 0.6) is 0 Å². The van der Waals surface area contributed by atoms with Gasteiger partial charge in [-0.2, -0.15) is 0 Å². The second-order valence-corrected chi connectivity index (χ2v) is 6.22. The van der Waals surface area contributed by atoms with E-state index in [0.717, 1.165) is 18.2 Å². The van der Waals surface area contributed by atoms with Gasteiger partial charge < -0.3 is 10.6 Å². The number of rotatable bonds is 6. The first kappa shape index (κ1) is 13.8. The van der Waals surface area contributed by atoms with E-state index in [4.69, 9.17) is 0 Å². The summed E-state index contributed by atoms with van der Waals surface area (Å²) in [5.74, 6) is 2.00. The molecule has 1 aromatic carbocycles. The average Bonchev–Trinajstić information content (AvgIpc) is 2.42. The van der Waals surface area contributed by atoms with Crippen molar-refractivity contribution < 1.29 is 0 Å². The molecule has 2 nitrogen and oxygen atoms in total. The molecule has 1 atom stereocenters. The van der Waals surface area contributed by atoms with Crippen molar-refractivity contribution >= 4 is 17.4 Å². The molecular formula is C15H24N2S. The van der Waals surface area contributed by atoms with Crippen molar-refractivity contribution in [3.05, 3.63) is 24.3 Å². The molecule has 0 aliphatic carbocycles. The van der Waals surface area contributed by atoms with Crippen LogP contribution in [0.15, 0.2) is 29.2 Å². The normalized spacial score (nSPS) is 19.7. The average molecular weight is 264 g/mol. The van der Waals surface area contributed by atoms with E-state index >= 15 is 0 Å². The van der Waals surface area contributed by atoms with Gasteiger partial charge in [0.25, 0.3) is 0 Å². The van der Waals surface area contributed by atoms with Crippen LogP contribution in [-0.2, 0) is 0 Å². The predicted molar refractivity (Wildman–Crippen MR) is 81.5 cm³/mol. The van der Waals surface area contributed by atoms with Gasteiger partial charge in [0.2, 0.25) is 0 Å². The Bertz CT molecular complexity index is 331. The molecule has 1 aliphatic rings. The minimum atomic E-state index is 0.862. The molecule has 1 heterocycles. The summed E-state index contributed by atoms with van der Waals surface area (Å²) in [7, 11) is 0. The molecule has 1 unspecified atom stereocenters. The van der Waals surface area contributed by atoms with Gasteiger partial charge in [-0.1, -0.05) is 6.92 Å². The first-order valence-electron chi connectivity index (χ1n) is 7.06. The summed E-state index contributed by atoms with van der Waals surface area (Å²) >= 11 is 1.89. The Morgan fingerprint density at radius 1 is 1.33 bits per heavy atom. The minimum Gasteiger partial charge on any atom is -0.385 e. The van der Waals surface area contributed by atoms with E-state index in [1.807, 2.05) is 11.8 Å². The number of nitrogens with one attached hydrogen (secondary N) is 2. The molecule has 1 saturated heterocycles. The van der Waals surface area contributed by atoms with Crippen molar-refractivity contribution in [2.24, 2.45) is 5.92 Å². The van der Waals surface area contributed by atoms with E-state index < -0.39 is 0 Å². The largest absolute Gasteiger partial charge is 0.385 e. The first-order chi connectivity index (χ1) is 8.88. The third-order valence-corrected chi connectivity index (χ3v) is 4.34. The molecule has 1 fully saturated rings. The van der Waals surface area contributed by atoms with Crippen LogP contribution in [0.2, 0.25) is 0 Å². The fourth-order valence-corrected chi connectivity index (χ4v) is 3.09. The van der Waals surface area contributed by atoms with Crippen LogP contribution in [0, 0.1) is 5.92 Å². The van der Waals surface area contributed by atoms with Crippen LogP contribution in [0.3, 0.4) is 0 Å². The molecule has 18 heavy (non-hydrogen) atoms. The van der Waals surface area contributed by atoms with Crippen molar-refractivity contribution in [1.29, 1.82) is 0 Å². The highest BCUT2D eigenvalue weighted by molar-refractivity contribution is 7.99. The summed E-state index contributed by atoms with van der Waals surface area (Å²) < 4.78 is 0. The third kappa shape index (κ3) is 4.54. The Hall–Kier alpha value is -0.670. The number of anilines is 1. The van der Waals surface area contributed by atoms with Crippen LogP contribution in [0.25, 0.3) is 0 Å². The second-order valence-electron chi connectivity index (χ2n) is 4.89. The van der Waals surface area contributed by atoms with Gasteiger partial charge in [0.05, 0.1) is 0 Å². The maximum atomic E-state index is 3.52. The molecule has 0 amide bonds. The lowest BCUT2D eigenvalue weighted by molar-refractivity contribution is 0.364. The van der Waals surface area contributed by atoms with Crippen molar-refractivity contribution in [2.45, 2.75) is 31.1 Å². The van der Waals surface area contributed by atoms with Crippen LogP contribution in [0.4, 0.5) is 5.69 Å². The van der Waals surface area contributed by atoms with Gasteiger partial charge in [-0.3, -0.25) is 0 Å². The summed E-state index contributed by atoms with van der Waals surface area (Å²) in [5.41, 5.74) is 1.25. The van der Waals surface area contributed by atoms with Crippen LogP contribution in [0.1, 0.15) is 26.2 Å². The zero-order valence-corrected chi connectivity index (χ0v) is 12.1. The quantitative estimate of drug-likeness (QED) is 0.768. The lowest BCUT2D eigenvalue weighted by atomic mass is 9.96. The highest BCUT2D eigenvalue weighted by Gasteiger charge is 2.11. The van der Waals surface area contributed by atoms with E-state index in [-0.39, 0.29) is 0 Å². The maximum Gasteiger partial charge on any atom is 0.0340 e. The topological polar surface area (TPSA) is 24.1 Å². The number of benzene rings is 1. The van der Waals surface area contributed by atoms with Gasteiger partial charge in [-0.05, 0) is 68.3 Å². The summed E-state index contributed by atoms with van der Waals surface area (Å²) in [6.07, 6.45) is 4.01. The number of hydrogen-bond donors (Lipinski definition) is 2. The van der Waals surface area contributed by atoms with Gasteiger partial charge in [0, 0.05) is 17.1 Å². The molecular weight excluding hydrogens is 240 g/mol. The smallest absolute Gasteiger partial charge is 0.0340 e. The molecule has 0 spiro atoms. The van der Waals surface area contributed by atoms with Crippen LogP contribution < -0.4 is 10.6 Å². The number of thioether (sulfide) groups is 1. The minimum absolute atomic E-state index is 0.862. The van der Waals surface area contributed by atoms with Crippen molar-refractivity contribution in [1.82, 2.24) is 5.32 Å². The fourth-order valence-electron chi connectivity index (χ4n) is 2.43. The zero-order valence-electron chi connectivity index (χ0n) is 11.2. The summed E-state index contributed by atoms with van der Waals surface area (Å²) in [4.78, 5) is 1.36. The van der Waals surface area contributed by atoms with Crippen molar-refractivity contribution in [3.8, 4) is 0 Å². The molecule has 0 bridgehead atoms. The van der Waals surface area contributed by atoms with Crippen molar-refractivity contribution in [3.63, 3.8) is 0 Å². The van der Waals surface area contributed by atoms with Gasteiger partial charge in [-0.25, -0.2) is 0 Å². The van der Waals surface area contributed by atoms with Crippen molar-refractivity contribution in [2.75, 3.05) is 30.7 Å². The lowest BCUT2D eigenvalue weighted by Gasteiger charge is -2.22. The third-order valence-electron chi connectivity index (χ3n) is 3.45. The van der Waals surface area contributed by atoms with Gasteiger partial charge in [0.1, 0.15) is 0 Å². The lowest BCUT2D eigenvalue weighted by Crippen LogP contribution is -2.30. The monoisotopic (exact) mass is 264 g/mol. The Labute approximate surface area is 115 Å². The molecule has 0 radical (unpaired) electrons. The SMILES string of the molecule is CCSc1ccc(NCCC2CCCNC2)cc1. The standard InChI is InChI=1S/C15H24N2S/c1-2-18-15-7-5-14(6-8-15)17-11-9-13-4-3-10-16-12-13/h5-8,13,16-17H,2-4,9-12H2,1H3. The predicted octanol–water partition coefficient (Wildman–Crippen LogP) is 3.60. The molecule has 0 aromatic heterocycles. The first-order valence-corrected chi connectivity index (χ1v) is 8.04. The molecule has 2 rings (SSSR count). The Morgan fingerprint density at radius 2 is 2.17 bits per heavy atom. The van der Waals surface area contributed by atoms with Gasteiger partial charge in [-0.15, -0.1) is 11.8 Å². The Morgan fingerprint density at radius 3 is 2.83 bits per heavy atom. The molecule has 0 saturated carbocycles. The summed E-state index contributed by atoms with van der Waals surface area (Å²) in [5, 5.41) is 7.00. The highest BCUT2D eigenvalue weighted by Crippen LogP contribution is 2.20. The summed E-state index contributed by atoms with van der Waals surface area (Å²) in [6, 6.07) is 8.80. The summed E-state index contributed by atoms with van der Waals surface area (Å²) in [6.45, 7) is 5.69.